The quantitative estimate of drug-likeness (QED) is 0.817. The zero-order valence-corrected chi connectivity index (χ0v) is 12.7. The van der Waals surface area contributed by atoms with E-state index in [1.807, 2.05) is 0 Å². The molecule has 0 spiro atoms. The normalized spacial score (nSPS) is 11.6. The zero-order chi connectivity index (χ0) is 15.1. The van der Waals surface area contributed by atoms with Crippen LogP contribution in [0.25, 0.3) is 0 Å². The molecule has 20 heavy (non-hydrogen) atoms. The molecule has 0 radical (unpaired) electrons. The molecule has 1 atom stereocenters. The second kappa shape index (κ2) is 7.97. The number of hydrogen-bond acceptors (Lipinski definition) is 3. The molecular formula is C13H16Cl2N2O3. The molecule has 0 bridgehead atoms. The van der Waals surface area contributed by atoms with E-state index >= 15 is 0 Å². The molecule has 2 N–H and O–H groups in total. The Morgan fingerprint density at radius 2 is 2.05 bits per heavy atom. The first-order chi connectivity index (χ1) is 9.42. The molecule has 110 valence electrons. The van der Waals surface area contributed by atoms with Gasteiger partial charge in [-0.25, -0.2) is 4.79 Å². The van der Waals surface area contributed by atoms with Crippen LogP contribution in [-0.4, -0.2) is 24.6 Å². The van der Waals surface area contributed by atoms with Crippen LogP contribution in [0, 0.1) is 0 Å². The minimum Gasteiger partial charge on any atom is -0.466 e. The Morgan fingerprint density at radius 1 is 1.35 bits per heavy atom. The summed E-state index contributed by atoms with van der Waals surface area (Å²) in [4.78, 5) is 23.0. The summed E-state index contributed by atoms with van der Waals surface area (Å²) in [5.74, 6) is -0.360. The molecule has 0 fully saturated rings. The van der Waals surface area contributed by atoms with Crippen molar-refractivity contribution < 1.29 is 14.3 Å². The first kappa shape index (κ1) is 16.6. The van der Waals surface area contributed by atoms with Crippen LogP contribution >= 0.6 is 23.2 Å². The smallest absolute Gasteiger partial charge is 0.319 e. The summed E-state index contributed by atoms with van der Waals surface area (Å²) < 4.78 is 4.80. The lowest BCUT2D eigenvalue weighted by molar-refractivity contribution is -0.143. The van der Waals surface area contributed by atoms with Crippen molar-refractivity contribution in [3.05, 3.63) is 28.2 Å². The van der Waals surface area contributed by atoms with Gasteiger partial charge >= 0.3 is 12.0 Å². The van der Waals surface area contributed by atoms with Gasteiger partial charge in [0.2, 0.25) is 0 Å². The van der Waals surface area contributed by atoms with Gasteiger partial charge in [0.05, 0.1) is 23.7 Å². The summed E-state index contributed by atoms with van der Waals surface area (Å²) in [6.07, 6.45) is 0.102. The maximum Gasteiger partial charge on any atom is 0.319 e. The Labute approximate surface area is 127 Å². The van der Waals surface area contributed by atoms with E-state index in [1.54, 1.807) is 32.0 Å². The average molecular weight is 319 g/mol. The fourth-order valence-electron chi connectivity index (χ4n) is 1.50. The minimum atomic E-state index is -0.467. The molecule has 1 rings (SSSR count). The summed E-state index contributed by atoms with van der Waals surface area (Å²) in [6, 6.07) is 3.93. The molecule has 5 nitrogen and oxygen atoms in total. The molecule has 1 unspecified atom stereocenters. The van der Waals surface area contributed by atoms with Crippen LogP contribution in [0.2, 0.25) is 10.0 Å². The Morgan fingerprint density at radius 3 is 2.70 bits per heavy atom. The molecule has 2 amide bonds. The first-order valence-electron chi connectivity index (χ1n) is 6.10. The summed E-state index contributed by atoms with van der Waals surface area (Å²) in [6.45, 7) is 3.75. The highest BCUT2D eigenvalue weighted by molar-refractivity contribution is 6.35. The van der Waals surface area contributed by atoms with Gasteiger partial charge in [0, 0.05) is 11.1 Å². The molecule has 1 aromatic rings. The van der Waals surface area contributed by atoms with E-state index in [2.05, 4.69) is 10.6 Å². The van der Waals surface area contributed by atoms with Crippen LogP contribution in [0.3, 0.4) is 0 Å². The van der Waals surface area contributed by atoms with Crippen LogP contribution in [0.1, 0.15) is 20.3 Å². The van der Waals surface area contributed by atoms with Crippen molar-refractivity contribution in [1.29, 1.82) is 0 Å². The lowest BCUT2D eigenvalue weighted by atomic mass is 10.2. The van der Waals surface area contributed by atoms with E-state index in [9.17, 15) is 9.59 Å². The topological polar surface area (TPSA) is 67.4 Å². The van der Waals surface area contributed by atoms with E-state index in [0.29, 0.717) is 22.3 Å². The summed E-state index contributed by atoms with van der Waals surface area (Å²) in [7, 11) is 0. The van der Waals surface area contributed by atoms with Crippen molar-refractivity contribution in [1.82, 2.24) is 5.32 Å². The van der Waals surface area contributed by atoms with Gasteiger partial charge in [0.1, 0.15) is 0 Å². The molecule has 0 aliphatic carbocycles. The maximum absolute atomic E-state index is 11.7. The second-order valence-electron chi connectivity index (χ2n) is 4.13. The molecule has 1 aromatic carbocycles. The Bertz CT molecular complexity index is 495. The van der Waals surface area contributed by atoms with Crippen molar-refractivity contribution >= 4 is 40.9 Å². The molecule has 0 aromatic heterocycles. The third-order valence-corrected chi connectivity index (χ3v) is 2.90. The predicted molar refractivity (Wildman–Crippen MR) is 79.3 cm³/mol. The molecule has 7 heteroatoms. The maximum atomic E-state index is 11.7. The van der Waals surface area contributed by atoms with Gasteiger partial charge in [-0.05, 0) is 32.0 Å². The highest BCUT2D eigenvalue weighted by Crippen LogP contribution is 2.25. The molecule has 0 saturated heterocycles. The summed E-state index contributed by atoms with van der Waals surface area (Å²) in [5.41, 5.74) is 0.403. The van der Waals surface area contributed by atoms with Crippen molar-refractivity contribution in [2.24, 2.45) is 0 Å². The Balaban J connectivity index is 2.51. The third kappa shape index (κ3) is 5.67. The van der Waals surface area contributed by atoms with E-state index in [0.717, 1.165) is 0 Å². The highest BCUT2D eigenvalue weighted by atomic mass is 35.5. The Hall–Kier alpha value is -1.46. The van der Waals surface area contributed by atoms with Crippen molar-refractivity contribution in [3.63, 3.8) is 0 Å². The summed E-state index contributed by atoms with van der Waals surface area (Å²) in [5, 5.41) is 6.02. The number of amides is 2. The number of rotatable bonds is 5. The fraction of sp³-hybridized carbons (Fsp3) is 0.385. The highest BCUT2D eigenvalue weighted by Gasteiger charge is 2.13. The second-order valence-corrected chi connectivity index (χ2v) is 4.98. The number of benzene rings is 1. The number of nitrogens with one attached hydrogen (secondary N) is 2. The van der Waals surface area contributed by atoms with E-state index in [1.165, 1.54) is 0 Å². The Kier molecular flexibility index (Phi) is 6.61. The van der Waals surface area contributed by atoms with E-state index in [-0.39, 0.29) is 18.4 Å². The lowest BCUT2D eigenvalue weighted by Gasteiger charge is -2.14. The number of hydrogen-bond donors (Lipinski definition) is 2. The van der Waals surface area contributed by atoms with Gasteiger partial charge < -0.3 is 15.4 Å². The third-order valence-electron chi connectivity index (χ3n) is 2.33. The van der Waals surface area contributed by atoms with Gasteiger partial charge in [-0.15, -0.1) is 0 Å². The molecule has 0 aliphatic rings. The number of carbonyl (C=O) groups is 2. The van der Waals surface area contributed by atoms with Gasteiger partial charge in [-0.3, -0.25) is 4.79 Å². The van der Waals surface area contributed by atoms with Gasteiger partial charge in [0.15, 0.2) is 0 Å². The van der Waals surface area contributed by atoms with Crippen LogP contribution in [0.15, 0.2) is 18.2 Å². The number of ether oxygens (including phenoxy) is 1. The standard InChI is InChI=1S/C13H16Cl2N2O3/c1-3-20-12(18)6-8(2)16-13(19)17-11-7-9(14)4-5-10(11)15/h4-5,7-8H,3,6H2,1-2H3,(H2,16,17,19). The van der Waals surface area contributed by atoms with Crippen molar-refractivity contribution in [3.8, 4) is 0 Å². The van der Waals surface area contributed by atoms with Gasteiger partial charge in [-0.2, -0.15) is 0 Å². The van der Waals surface area contributed by atoms with Crippen molar-refractivity contribution in [2.45, 2.75) is 26.3 Å². The molecule has 0 heterocycles. The van der Waals surface area contributed by atoms with Crippen LogP contribution in [0.5, 0.6) is 0 Å². The van der Waals surface area contributed by atoms with Crippen LogP contribution < -0.4 is 10.6 Å². The average Bonchev–Trinajstić information content (AvgIpc) is 2.33. The van der Waals surface area contributed by atoms with Crippen LogP contribution in [-0.2, 0) is 9.53 Å². The van der Waals surface area contributed by atoms with E-state index < -0.39 is 6.03 Å². The number of esters is 1. The minimum absolute atomic E-state index is 0.102. The lowest BCUT2D eigenvalue weighted by Crippen LogP contribution is -2.37. The largest absolute Gasteiger partial charge is 0.466 e. The van der Waals surface area contributed by atoms with Gasteiger partial charge in [0.25, 0.3) is 0 Å². The molecular weight excluding hydrogens is 303 g/mol. The van der Waals surface area contributed by atoms with E-state index in [4.69, 9.17) is 27.9 Å². The summed E-state index contributed by atoms with van der Waals surface area (Å²) >= 11 is 11.7. The number of urea groups is 1. The first-order valence-corrected chi connectivity index (χ1v) is 6.86. The molecule has 0 aliphatic heterocycles. The van der Waals surface area contributed by atoms with Crippen LogP contribution in [0.4, 0.5) is 10.5 Å². The molecule has 0 saturated carbocycles. The predicted octanol–water partition coefficient (Wildman–Crippen LogP) is 3.46. The SMILES string of the molecule is CCOC(=O)CC(C)NC(=O)Nc1cc(Cl)ccc1Cl. The number of carbonyl (C=O) groups excluding carboxylic acids is 2. The fourth-order valence-corrected chi connectivity index (χ4v) is 1.83. The van der Waals surface area contributed by atoms with Crippen molar-refractivity contribution in [2.75, 3.05) is 11.9 Å². The monoisotopic (exact) mass is 318 g/mol. The number of halogens is 2. The number of anilines is 1. The van der Waals surface area contributed by atoms with Gasteiger partial charge in [-0.1, -0.05) is 23.2 Å². The zero-order valence-electron chi connectivity index (χ0n) is 11.2.